The van der Waals surface area contributed by atoms with E-state index < -0.39 is 0 Å². The van der Waals surface area contributed by atoms with Gasteiger partial charge in [-0.15, -0.1) is 0 Å². The minimum atomic E-state index is -0.165. The maximum absolute atomic E-state index is 12.1. The number of rotatable bonds is 6. The first-order valence-electron chi connectivity index (χ1n) is 8.00. The van der Waals surface area contributed by atoms with Crippen LogP contribution >= 0.6 is 0 Å². The molecule has 0 radical (unpaired) electrons. The normalized spacial score (nSPS) is 16.9. The highest BCUT2D eigenvalue weighted by Crippen LogP contribution is 2.11. The lowest BCUT2D eigenvalue weighted by molar-refractivity contribution is 0.0167. The van der Waals surface area contributed by atoms with Crippen LogP contribution < -0.4 is 5.32 Å². The number of benzene rings is 1. The Hall–Kier alpha value is -2.11. The summed E-state index contributed by atoms with van der Waals surface area (Å²) in [4.78, 5) is 14.5. The molecule has 23 heavy (non-hydrogen) atoms. The maximum atomic E-state index is 12.1. The van der Waals surface area contributed by atoms with E-state index >= 15 is 0 Å². The van der Waals surface area contributed by atoms with Crippen LogP contribution in [0.5, 0.6) is 0 Å². The lowest BCUT2D eigenvalue weighted by atomic mass is 10.0. The van der Waals surface area contributed by atoms with Gasteiger partial charge in [0.15, 0.2) is 5.76 Å². The third kappa shape index (κ3) is 4.43. The minimum absolute atomic E-state index is 0.165. The van der Waals surface area contributed by atoms with Gasteiger partial charge >= 0.3 is 0 Å². The third-order valence-corrected chi connectivity index (χ3v) is 4.12. The minimum Gasteiger partial charge on any atom is -0.459 e. The van der Waals surface area contributed by atoms with Crippen molar-refractivity contribution in [1.29, 1.82) is 0 Å². The van der Waals surface area contributed by atoms with Gasteiger partial charge in [-0.05, 0) is 24.1 Å². The Morgan fingerprint density at radius 1 is 1.13 bits per heavy atom. The molecule has 1 aliphatic rings. The number of carbonyl (C=O) groups excluding carboxylic acids is 1. The predicted molar refractivity (Wildman–Crippen MR) is 87.4 cm³/mol. The van der Waals surface area contributed by atoms with Crippen LogP contribution in [-0.2, 0) is 11.2 Å². The summed E-state index contributed by atoms with van der Waals surface area (Å²) in [5.41, 5.74) is 1.27. The standard InChI is InChI=1S/C18H22N2O3/c21-18(17-7-4-10-23-17)19-14-16(20-8-11-22-12-9-20)13-15-5-2-1-3-6-15/h1-7,10,16H,8-9,11-14H2,(H,19,21). The van der Waals surface area contributed by atoms with Crippen molar-refractivity contribution < 1.29 is 13.9 Å². The fourth-order valence-electron chi connectivity index (χ4n) is 2.86. The molecule has 1 atom stereocenters. The van der Waals surface area contributed by atoms with Crippen molar-refractivity contribution in [3.63, 3.8) is 0 Å². The summed E-state index contributed by atoms with van der Waals surface area (Å²) >= 11 is 0. The molecule has 1 aromatic heterocycles. The van der Waals surface area contributed by atoms with Crippen molar-refractivity contribution in [1.82, 2.24) is 10.2 Å². The summed E-state index contributed by atoms with van der Waals surface area (Å²) < 4.78 is 10.6. The van der Waals surface area contributed by atoms with Gasteiger partial charge < -0.3 is 14.5 Å². The number of carbonyl (C=O) groups is 1. The molecule has 0 spiro atoms. The van der Waals surface area contributed by atoms with Gasteiger partial charge in [0.2, 0.25) is 0 Å². The summed E-state index contributed by atoms with van der Waals surface area (Å²) in [7, 11) is 0. The highest BCUT2D eigenvalue weighted by molar-refractivity contribution is 5.91. The van der Waals surface area contributed by atoms with Crippen LogP contribution in [0.4, 0.5) is 0 Å². The SMILES string of the molecule is O=C(NCC(Cc1ccccc1)N1CCOCC1)c1ccco1. The van der Waals surface area contributed by atoms with Gasteiger partial charge in [0.1, 0.15) is 0 Å². The van der Waals surface area contributed by atoms with Gasteiger partial charge in [-0.25, -0.2) is 0 Å². The first-order chi connectivity index (χ1) is 11.3. The maximum Gasteiger partial charge on any atom is 0.287 e. The number of nitrogens with zero attached hydrogens (tertiary/aromatic N) is 1. The molecule has 5 nitrogen and oxygen atoms in total. The van der Waals surface area contributed by atoms with Crippen LogP contribution in [0, 0.1) is 0 Å². The summed E-state index contributed by atoms with van der Waals surface area (Å²) in [5, 5.41) is 2.99. The Kier molecular flexibility index (Phi) is 5.45. The van der Waals surface area contributed by atoms with E-state index in [2.05, 4.69) is 22.3 Å². The van der Waals surface area contributed by atoms with Gasteiger partial charge in [-0.1, -0.05) is 30.3 Å². The number of nitrogens with one attached hydrogen (secondary N) is 1. The van der Waals surface area contributed by atoms with Gasteiger partial charge in [-0.3, -0.25) is 9.69 Å². The van der Waals surface area contributed by atoms with E-state index in [-0.39, 0.29) is 11.9 Å². The number of amides is 1. The fraction of sp³-hybridized carbons (Fsp3) is 0.389. The van der Waals surface area contributed by atoms with Crippen LogP contribution in [0.3, 0.4) is 0 Å². The summed E-state index contributed by atoms with van der Waals surface area (Å²) in [6, 6.07) is 14.0. The van der Waals surface area contributed by atoms with Crippen LogP contribution in [0.1, 0.15) is 16.1 Å². The Balaban J connectivity index is 1.63. The molecule has 1 aromatic carbocycles. The zero-order valence-electron chi connectivity index (χ0n) is 13.1. The molecule has 1 amide bonds. The largest absolute Gasteiger partial charge is 0.459 e. The molecule has 1 aliphatic heterocycles. The number of morpholine rings is 1. The molecular formula is C18H22N2O3. The topological polar surface area (TPSA) is 54.7 Å². The van der Waals surface area contributed by atoms with Crippen molar-refractivity contribution in [3.05, 3.63) is 60.1 Å². The average molecular weight is 314 g/mol. The van der Waals surface area contributed by atoms with Crippen molar-refractivity contribution in [3.8, 4) is 0 Å². The molecule has 5 heteroatoms. The summed E-state index contributed by atoms with van der Waals surface area (Å²) in [5.74, 6) is 0.187. The van der Waals surface area contributed by atoms with Gasteiger partial charge in [0.25, 0.3) is 5.91 Å². The average Bonchev–Trinajstić information content (AvgIpc) is 3.15. The molecule has 2 aromatic rings. The quantitative estimate of drug-likeness (QED) is 0.885. The predicted octanol–water partition coefficient (Wildman–Crippen LogP) is 1.95. The molecular weight excluding hydrogens is 292 g/mol. The smallest absolute Gasteiger partial charge is 0.287 e. The van der Waals surface area contributed by atoms with Crippen molar-refractivity contribution in [2.45, 2.75) is 12.5 Å². The Bertz CT molecular complexity index is 592. The molecule has 1 saturated heterocycles. The van der Waals surface area contributed by atoms with Crippen molar-refractivity contribution in [2.75, 3.05) is 32.8 Å². The lowest BCUT2D eigenvalue weighted by Gasteiger charge is -2.34. The molecule has 1 unspecified atom stereocenters. The molecule has 3 rings (SSSR count). The highest BCUT2D eigenvalue weighted by Gasteiger charge is 2.22. The molecule has 122 valence electrons. The van der Waals surface area contributed by atoms with Gasteiger partial charge in [0.05, 0.1) is 19.5 Å². The van der Waals surface area contributed by atoms with E-state index in [1.807, 2.05) is 18.2 Å². The molecule has 0 bridgehead atoms. The molecule has 2 heterocycles. The van der Waals surface area contributed by atoms with E-state index in [9.17, 15) is 4.79 Å². The molecule has 0 aliphatic carbocycles. The van der Waals surface area contributed by atoms with Crippen LogP contribution in [0.2, 0.25) is 0 Å². The van der Waals surface area contributed by atoms with Crippen LogP contribution in [0.25, 0.3) is 0 Å². The summed E-state index contributed by atoms with van der Waals surface area (Å²) in [6.07, 6.45) is 2.41. The van der Waals surface area contributed by atoms with E-state index in [0.29, 0.717) is 12.3 Å². The zero-order valence-corrected chi connectivity index (χ0v) is 13.1. The number of ether oxygens (including phenoxy) is 1. The first-order valence-corrected chi connectivity index (χ1v) is 8.00. The van der Waals surface area contributed by atoms with Crippen LogP contribution in [0.15, 0.2) is 53.1 Å². The van der Waals surface area contributed by atoms with Crippen LogP contribution in [-0.4, -0.2) is 49.7 Å². The molecule has 0 saturated carbocycles. The monoisotopic (exact) mass is 314 g/mol. The van der Waals surface area contributed by atoms with Gasteiger partial charge in [-0.2, -0.15) is 0 Å². The van der Waals surface area contributed by atoms with E-state index in [1.165, 1.54) is 11.8 Å². The third-order valence-electron chi connectivity index (χ3n) is 4.12. The second kappa shape index (κ2) is 7.94. The van der Waals surface area contributed by atoms with Gasteiger partial charge in [0, 0.05) is 25.7 Å². The lowest BCUT2D eigenvalue weighted by Crippen LogP contribution is -2.49. The Morgan fingerprint density at radius 3 is 2.61 bits per heavy atom. The second-order valence-corrected chi connectivity index (χ2v) is 5.68. The van der Waals surface area contributed by atoms with E-state index in [1.54, 1.807) is 12.1 Å². The molecule has 1 N–H and O–H groups in total. The Labute approximate surface area is 136 Å². The number of furan rings is 1. The fourth-order valence-corrected chi connectivity index (χ4v) is 2.86. The second-order valence-electron chi connectivity index (χ2n) is 5.68. The molecule has 1 fully saturated rings. The highest BCUT2D eigenvalue weighted by atomic mass is 16.5. The van der Waals surface area contributed by atoms with E-state index in [0.717, 1.165) is 32.7 Å². The van der Waals surface area contributed by atoms with Crippen molar-refractivity contribution in [2.24, 2.45) is 0 Å². The Morgan fingerprint density at radius 2 is 1.91 bits per heavy atom. The van der Waals surface area contributed by atoms with E-state index in [4.69, 9.17) is 9.15 Å². The zero-order chi connectivity index (χ0) is 15.9. The summed E-state index contributed by atoms with van der Waals surface area (Å²) in [6.45, 7) is 3.88. The van der Waals surface area contributed by atoms with Crippen molar-refractivity contribution >= 4 is 5.91 Å². The first kappa shape index (κ1) is 15.8. The number of hydrogen-bond acceptors (Lipinski definition) is 4. The number of hydrogen-bond donors (Lipinski definition) is 1.